The highest BCUT2D eigenvalue weighted by molar-refractivity contribution is 6.04. The van der Waals surface area contributed by atoms with Crippen molar-refractivity contribution in [3.05, 3.63) is 131 Å². The highest BCUT2D eigenvalue weighted by atomic mass is 19.1. The number of hydrogen-bond donors (Lipinski definition) is 2. The fourth-order valence-electron chi connectivity index (χ4n) is 7.16. The van der Waals surface area contributed by atoms with Gasteiger partial charge < -0.3 is 25.3 Å². The number of amides is 2. The molecule has 0 bridgehead atoms. The van der Waals surface area contributed by atoms with Gasteiger partial charge in [0, 0.05) is 79.9 Å². The predicted molar refractivity (Wildman–Crippen MR) is 211 cm³/mol. The lowest BCUT2D eigenvalue weighted by Gasteiger charge is -2.26. The molecule has 4 aromatic heterocycles. The summed E-state index contributed by atoms with van der Waals surface area (Å²) < 4.78 is 25.5. The van der Waals surface area contributed by atoms with Crippen molar-refractivity contribution in [2.75, 3.05) is 17.6 Å². The van der Waals surface area contributed by atoms with Gasteiger partial charge in [-0.3, -0.25) is 24.0 Å². The van der Waals surface area contributed by atoms with E-state index in [0.29, 0.717) is 60.1 Å². The van der Waals surface area contributed by atoms with Crippen LogP contribution in [0.4, 0.5) is 15.9 Å². The summed E-state index contributed by atoms with van der Waals surface area (Å²) in [6.07, 6.45) is 11.7. The third-order valence-corrected chi connectivity index (χ3v) is 10.6. The molecule has 0 radical (unpaired) electrons. The van der Waals surface area contributed by atoms with Crippen molar-refractivity contribution in [3.63, 3.8) is 0 Å². The minimum absolute atomic E-state index is 0.0520. The van der Waals surface area contributed by atoms with Gasteiger partial charge in [0.2, 0.25) is 5.43 Å². The van der Waals surface area contributed by atoms with Crippen LogP contribution < -0.4 is 21.2 Å². The van der Waals surface area contributed by atoms with Crippen LogP contribution in [0.1, 0.15) is 47.3 Å². The largest absolute Gasteiger partial charge is 0.481 e. The number of pyridine rings is 3. The molecule has 284 valence electrons. The maximum atomic E-state index is 15.8. The van der Waals surface area contributed by atoms with E-state index in [4.69, 9.17) is 10.5 Å². The molecule has 1 saturated carbocycles. The number of nitrogen functional groups attached to an aromatic ring is 1. The molecular weight excluding hydrogens is 712 g/mol. The SMILES string of the molecule is Cc1ccc(-c2cn(CC3CCC3)cc(C(=O)Nc3ccc(-c4cc(-c5ccc(O[C@@H]6CCN(Cc7ccnn7C)C6=O)cc5)cnc4N)c(F)c3)c2=O)nc1. The van der Waals surface area contributed by atoms with Gasteiger partial charge in [0.05, 0.1) is 23.5 Å². The van der Waals surface area contributed by atoms with Gasteiger partial charge in [-0.25, -0.2) is 9.37 Å². The predicted octanol–water partition coefficient (Wildman–Crippen LogP) is 6.63. The molecule has 1 aliphatic carbocycles. The Hall–Kier alpha value is -6.63. The number of nitrogens with two attached hydrogens (primary N) is 1. The second-order valence-corrected chi connectivity index (χ2v) is 14.6. The second kappa shape index (κ2) is 15.2. The van der Waals surface area contributed by atoms with Crippen LogP contribution in [0.15, 0.2) is 103 Å². The van der Waals surface area contributed by atoms with Crippen molar-refractivity contribution in [2.24, 2.45) is 13.0 Å². The molecule has 0 unspecified atom stereocenters. The second-order valence-electron chi connectivity index (χ2n) is 14.6. The average Bonchev–Trinajstić information content (AvgIpc) is 3.74. The van der Waals surface area contributed by atoms with E-state index in [-0.39, 0.29) is 28.5 Å². The Kier molecular flexibility index (Phi) is 9.90. The number of hydrogen-bond acceptors (Lipinski definition) is 8. The number of aryl methyl sites for hydroxylation is 2. The molecule has 0 spiro atoms. The number of halogens is 1. The van der Waals surface area contributed by atoms with Gasteiger partial charge in [-0.05, 0) is 85.3 Å². The lowest BCUT2D eigenvalue weighted by Crippen LogP contribution is -2.32. The summed E-state index contributed by atoms with van der Waals surface area (Å²) in [5.41, 5.74) is 10.7. The van der Waals surface area contributed by atoms with Crippen molar-refractivity contribution >= 4 is 23.3 Å². The number of carbonyl (C=O) groups excluding carboxylic acids is 2. The number of ether oxygens (including phenoxy) is 1. The van der Waals surface area contributed by atoms with Crippen LogP contribution in [0.5, 0.6) is 5.75 Å². The van der Waals surface area contributed by atoms with E-state index in [1.807, 2.05) is 42.8 Å². The first-order valence-corrected chi connectivity index (χ1v) is 18.7. The van der Waals surface area contributed by atoms with Gasteiger partial charge in [0.25, 0.3) is 11.8 Å². The van der Waals surface area contributed by atoms with Crippen molar-refractivity contribution in [3.8, 4) is 39.3 Å². The minimum Gasteiger partial charge on any atom is -0.481 e. The van der Waals surface area contributed by atoms with Gasteiger partial charge in [0.15, 0.2) is 6.10 Å². The van der Waals surface area contributed by atoms with Gasteiger partial charge in [0.1, 0.15) is 22.9 Å². The monoisotopic (exact) mass is 752 g/mol. The first-order valence-electron chi connectivity index (χ1n) is 18.7. The molecule has 12 nitrogen and oxygen atoms in total. The van der Waals surface area contributed by atoms with E-state index in [2.05, 4.69) is 20.4 Å². The van der Waals surface area contributed by atoms with E-state index in [1.54, 1.807) is 70.9 Å². The summed E-state index contributed by atoms with van der Waals surface area (Å²) in [4.78, 5) is 50.8. The van der Waals surface area contributed by atoms with Gasteiger partial charge in [-0.1, -0.05) is 24.6 Å². The zero-order valence-corrected chi connectivity index (χ0v) is 31.1. The zero-order chi connectivity index (χ0) is 38.9. The Morgan fingerprint density at radius 2 is 1.75 bits per heavy atom. The molecule has 1 saturated heterocycles. The summed E-state index contributed by atoms with van der Waals surface area (Å²) in [7, 11) is 1.85. The van der Waals surface area contributed by atoms with Crippen LogP contribution in [-0.2, 0) is 24.9 Å². The van der Waals surface area contributed by atoms with Crippen LogP contribution in [-0.4, -0.2) is 53.7 Å². The van der Waals surface area contributed by atoms with Crippen LogP contribution in [0.3, 0.4) is 0 Å². The fraction of sp³-hybridized carbons (Fsp3) is 0.256. The highest BCUT2D eigenvalue weighted by Crippen LogP contribution is 2.34. The molecule has 1 aliphatic heterocycles. The van der Waals surface area contributed by atoms with Crippen LogP contribution in [0, 0.1) is 18.7 Å². The first kappa shape index (κ1) is 36.4. The molecule has 2 aliphatic rings. The average molecular weight is 753 g/mol. The van der Waals surface area contributed by atoms with Crippen LogP contribution in [0.25, 0.3) is 33.5 Å². The lowest BCUT2D eigenvalue weighted by atomic mass is 9.85. The smallest absolute Gasteiger partial charge is 0.264 e. The highest BCUT2D eigenvalue weighted by Gasteiger charge is 2.34. The number of rotatable bonds is 11. The van der Waals surface area contributed by atoms with E-state index in [9.17, 15) is 14.4 Å². The number of anilines is 2. The number of benzene rings is 2. The molecular formula is C43H41FN8O4. The quantitative estimate of drug-likeness (QED) is 0.150. The van der Waals surface area contributed by atoms with Gasteiger partial charge in [-0.15, -0.1) is 0 Å². The molecule has 3 N–H and O–H groups in total. The summed E-state index contributed by atoms with van der Waals surface area (Å²) in [6.45, 7) is 3.67. The normalized spacial score (nSPS) is 15.5. The van der Waals surface area contributed by atoms with E-state index in [0.717, 1.165) is 29.7 Å². The van der Waals surface area contributed by atoms with Crippen molar-refractivity contribution in [1.82, 2.24) is 29.2 Å². The van der Waals surface area contributed by atoms with E-state index in [1.165, 1.54) is 18.6 Å². The summed E-state index contributed by atoms with van der Waals surface area (Å²) in [6, 6.07) is 18.8. The van der Waals surface area contributed by atoms with Crippen molar-refractivity contribution < 1.29 is 18.7 Å². The molecule has 56 heavy (non-hydrogen) atoms. The number of nitrogens with one attached hydrogen (secondary N) is 1. The Balaban J connectivity index is 0.972. The molecule has 8 rings (SSSR count). The lowest BCUT2D eigenvalue weighted by molar-refractivity contribution is -0.133. The number of nitrogens with zero attached hydrogens (tertiary/aromatic N) is 6. The van der Waals surface area contributed by atoms with Crippen LogP contribution >= 0.6 is 0 Å². The first-order chi connectivity index (χ1) is 27.1. The molecule has 2 fully saturated rings. The number of aromatic nitrogens is 5. The molecule has 5 heterocycles. The Morgan fingerprint density at radius 3 is 2.45 bits per heavy atom. The molecule has 2 amide bonds. The summed E-state index contributed by atoms with van der Waals surface area (Å²) in [5.74, 6) is -0.176. The third kappa shape index (κ3) is 7.52. The topological polar surface area (TPSA) is 150 Å². The summed E-state index contributed by atoms with van der Waals surface area (Å²) >= 11 is 0. The fourth-order valence-corrected chi connectivity index (χ4v) is 7.16. The maximum absolute atomic E-state index is 15.8. The van der Waals surface area contributed by atoms with E-state index < -0.39 is 23.3 Å². The maximum Gasteiger partial charge on any atom is 0.264 e. The molecule has 6 aromatic rings. The summed E-state index contributed by atoms with van der Waals surface area (Å²) in [5, 5.41) is 6.89. The van der Waals surface area contributed by atoms with Crippen LogP contribution in [0.2, 0.25) is 0 Å². The van der Waals surface area contributed by atoms with Gasteiger partial charge in [-0.2, -0.15) is 5.10 Å². The molecule has 13 heteroatoms. The molecule has 2 aromatic carbocycles. The Labute approximate surface area is 322 Å². The number of likely N-dealkylation sites (tertiary alicyclic amines) is 1. The standard InChI is InChI=1S/C43H41FN8O4/c1-26-6-13-38(46-20-26)35-24-51(22-27-4-3-5-27)25-36(40(35)53)42(54)49-30-9-12-33(37(44)19-30)34-18-29(21-47-41(34)45)28-7-10-32(11-8-28)56-39-15-17-52(43(39)55)23-31-14-16-48-50(31)2/h6-14,16,18-21,24-25,27,39H,3-5,15,17,22-23H2,1-2H3,(H2,45,47)(H,49,54)/t39-/m1/s1. The third-order valence-electron chi connectivity index (χ3n) is 10.6. The van der Waals surface area contributed by atoms with E-state index >= 15 is 4.39 Å². The zero-order valence-electron chi connectivity index (χ0n) is 31.1. The Bertz CT molecular complexity index is 2490. The van der Waals surface area contributed by atoms with Crippen molar-refractivity contribution in [2.45, 2.75) is 51.8 Å². The molecule has 1 atom stereocenters. The van der Waals surface area contributed by atoms with Crippen molar-refractivity contribution in [1.29, 1.82) is 0 Å². The minimum atomic E-state index is -0.645. The number of carbonyl (C=O) groups is 2. The van der Waals surface area contributed by atoms with Gasteiger partial charge >= 0.3 is 0 Å². The Morgan fingerprint density at radius 1 is 0.929 bits per heavy atom.